The second-order valence-corrected chi connectivity index (χ2v) is 4.98. The number of nitrogens with one attached hydrogen (secondary N) is 1. The molecule has 0 fully saturated rings. The third-order valence-electron chi connectivity index (χ3n) is 3.10. The van der Waals surface area contributed by atoms with E-state index in [1.165, 1.54) is 0 Å². The number of aryl methyl sites for hydroxylation is 1. The summed E-state index contributed by atoms with van der Waals surface area (Å²) in [6.07, 6.45) is 0. The first-order chi connectivity index (χ1) is 8.90. The highest BCUT2D eigenvalue weighted by atomic mass is 16.4. The van der Waals surface area contributed by atoms with Gasteiger partial charge in [-0.15, -0.1) is 0 Å². The van der Waals surface area contributed by atoms with Crippen molar-refractivity contribution in [1.82, 2.24) is 9.97 Å². The SMILES string of the molecule is Cc1nc2ccc(C(=O)C(C(=O)O)C(C)C)cc2[nH]1. The fraction of sp³-hybridized carbons (Fsp3) is 0.357. The summed E-state index contributed by atoms with van der Waals surface area (Å²) in [6.45, 7) is 5.29. The van der Waals surface area contributed by atoms with E-state index >= 15 is 0 Å². The largest absolute Gasteiger partial charge is 0.481 e. The van der Waals surface area contributed by atoms with Gasteiger partial charge >= 0.3 is 5.97 Å². The van der Waals surface area contributed by atoms with E-state index in [2.05, 4.69) is 9.97 Å². The second kappa shape index (κ2) is 4.84. The van der Waals surface area contributed by atoms with E-state index in [0.29, 0.717) is 5.56 Å². The number of carbonyl (C=O) groups is 2. The van der Waals surface area contributed by atoms with Crippen LogP contribution in [0.25, 0.3) is 11.0 Å². The van der Waals surface area contributed by atoms with Gasteiger partial charge in [-0.25, -0.2) is 4.98 Å². The highest BCUT2D eigenvalue weighted by Gasteiger charge is 2.30. The molecule has 0 saturated heterocycles. The van der Waals surface area contributed by atoms with Crippen LogP contribution in [0.15, 0.2) is 18.2 Å². The predicted molar refractivity (Wildman–Crippen MR) is 71.1 cm³/mol. The van der Waals surface area contributed by atoms with Crippen molar-refractivity contribution in [1.29, 1.82) is 0 Å². The normalized spacial score (nSPS) is 12.8. The molecular weight excluding hydrogens is 244 g/mol. The van der Waals surface area contributed by atoms with Crippen LogP contribution in [0.1, 0.15) is 30.0 Å². The van der Waals surface area contributed by atoms with Crippen LogP contribution in [0.4, 0.5) is 0 Å². The van der Waals surface area contributed by atoms with Crippen molar-refractivity contribution in [3.05, 3.63) is 29.6 Å². The van der Waals surface area contributed by atoms with Crippen molar-refractivity contribution in [2.45, 2.75) is 20.8 Å². The average Bonchev–Trinajstić information content (AvgIpc) is 2.66. The van der Waals surface area contributed by atoms with Gasteiger partial charge in [-0.05, 0) is 31.0 Å². The number of carbonyl (C=O) groups excluding carboxylic acids is 1. The lowest BCUT2D eigenvalue weighted by Gasteiger charge is -2.14. The highest BCUT2D eigenvalue weighted by molar-refractivity contribution is 6.09. The lowest BCUT2D eigenvalue weighted by Crippen LogP contribution is -2.28. The lowest BCUT2D eigenvalue weighted by atomic mass is 9.88. The van der Waals surface area contributed by atoms with Crippen LogP contribution < -0.4 is 0 Å². The van der Waals surface area contributed by atoms with Gasteiger partial charge in [-0.2, -0.15) is 0 Å². The Hall–Kier alpha value is -2.17. The molecule has 1 aromatic heterocycles. The molecule has 0 aliphatic heterocycles. The quantitative estimate of drug-likeness (QED) is 0.653. The molecule has 0 aliphatic carbocycles. The zero-order valence-corrected chi connectivity index (χ0v) is 11.1. The van der Waals surface area contributed by atoms with Gasteiger partial charge in [0.1, 0.15) is 11.7 Å². The number of nitrogens with zero attached hydrogens (tertiary/aromatic N) is 1. The number of aromatic amines is 1. The van der Waals surface area contributed by atoms with Gasteiger partial charge in [0.2, 0.25) is 0 Å². The molecule has 0 bridgehead atoms. The van der Waals surface area contributed by atoms with Crippen LogP contribution in [0, 0.1) is 18.8 Å². The molecule has 0 saturated carbocycles. The van der Waals surface area contributed by atoms with E-state index in [9.17, 15) is 9.59 Å². The van der Waals surface area contributed by atoms with Crippen LogP contribution in [0.5, 0.6) is 0 Å². The van der Waals surface area contributed by atoms with Gasteiger partial charge < -0.3 is 10.1 Å². The molecule has 1 aromatic carbocycles. The first-order valence-electron chi connectivity index (χ1n) is 6.13. The summed E-state index contributed by atoms with van der Waals surface area (Å²) < 4.78 is 0. The van der Waals surface area contributed by atoms with Gasteiger partial charge in [0.15, 0.2) is 5.78 Å². The maximum atomic E-state index is 12.3. The zero-order chi connectivity index (χ0) is 14.2. The minimum Gasteiger partial charge on any atom is -0.481 e. The number of carboxylic acid groups (broad SMARTS) is 1. The van der Waals surface area contributed by atoms with Gasteiger partial charge in [-0.1, -0.05) is 13.8 Å². The molecule has 0 radical (unpaired) electrons. The molecule has 5 heteroatoms. The minimum absolute atomic E-state index is 0.246. The van der Waals surface area contributed by atoms with Crippen molar-refractivity contribution in [3.8, 4) is 0 Å². The van der Waals surface area contributed by atoms with E-state index in [-0.39, 0.29) is 11.7 Å². The van der Waals surface area contributed by atoms with Crippen LogP contribution in [-0.4, -0.2) is 26.8 Å². The Labute approximate surface area is 110 Å². The fourth-order valence-corrected chi connectivity index (χ4v) is 2.17. The summed E-state index contributed by atoms with van der Waals surface area (Å²) in [5.74, 6) is -1.94. The smallest absolute Gasteiger partial charge is 0.314 e. The molecule has 1 unspecified atom stereocenters. The van der Waals surface area contributed by atoms with Crippen LogP contribution in [0.3, 0.4) is 0 Å². The molecule has 5 nitrogen and oxygen atoms in total. The summed E-state index contributed by atoms with van der Waals surface area (Å²) in [6, 6.07) is 5.02. The average molecular weight is 260 g/mol. The first-order valence-corrected chi connectivity index (χ1v) is 6.13. The summed E-state index contributed by atoms with van der Waals surface area (Å²) in [5, 5.41) is 9.15. The third-order valence-corrected chi connectivity index (χ3v) is 3.10. The molecule has 1 atom stereocenters. The summed E-state index contributed by atoms with van der Waals surface area (Å²) in [4.78, 5) is 30.7. The van der Waals surface area contributed by atoms with Crippen molar-refractivity contribution in [2.75, 3.05) is 0 Å². The number of benzene rings is 1. The molecule has 2 rings (SSSR count). The van der Waals surface area contributed by atoms with Crippen LogP contribution >= 0.6 is 0 Å². The minimum atomic E-state index is -1.08. The molecule has 2 N–H and O–H groups in total. The van der Waals surface area contributed by atoms with Crippen LogP contribution in [0.2, 0.25) is 0 Å². The summed E-state index contributed by atoms with van der Waals surface area (Å²) in [7, 11) is 0. The topological polar surface area (TPSA) is 83.1 Å². The number of hydrogen-bond donors (Lipinski definition) is 2. The number of imidazole rings is 1. The molecule has 0 amide bonds. The summed E-state index contributed by atoms with van der Waals surface area (Å²) in [5.41, 5.74) is 1.92. The Morgan fingerprint density at radius 2 is 2.00 bits per heavy atom. The van der Waals surface area contributed by atoms with E-state index in [1.807, 2.05) is 6.92 Å². The number of carboxylic acids is 1. The number of ketones is 1. The maximum absolute atomic E-state index is 12.3. The molecule has 0 spiro atoms. The van der Waals surface area contributed by atoms with Crippen molar-refractivity contribution in [3.63, 3.8) is 0 Å². The monoisotopic (exact) mass is 260 g/mol. The Morgan fingerprint density at radius 1 is 1.32 bits per heavy atom. The number of Topliss-reactive ketones (excluding diaryl/α,β-unsaturated/α-hetero) is 1. The first kappa shape index (κ1) is 13.3. The molecule has 2 aromatic rings. The number of aromatic nitrogens is 2. The highest BCUT2D eigenvalue weighted by Crippen LogP contribution is 2.20. The Balaban J connectivity index is 2.42. The van der Waals surface area contributed by atoms with E-state index in [1.54, 1.807) is 32.0 Å². The third kappa shape index (κ3) is 2.50. The molecule has 1 heterocycles. The van der Waals surface area contributed by atoms with Crippen molar-refractivity contribution >= 4 is 22.8 Å². The molecule has 100 valence electrons. The van der Waals surface area contributed by atoms with Gasteiger partial charge in [0.25, 0.3) is 0 Å². The second-order valence-electron chi connectivity index (χ2n) is 4.98. The number of H-pyrrole nitrogens is 1. The van der Waals surface area contributed by atoms with E-state index < -0.39 is 11.9 Å². The molecular formula is C14H16N2O3. The predicted octanol–water partition coefficient (Wildman–Crippen LogP) is 2.41. The zero-order valence-electron chi connectivity index (χ0n) is 11.1. The van der Waals surface area contributed by atoms with E-state index in [4.69, 9.17) is 5.11 Å². The number of rotatable bonds is 4. The Morgan fingerprint density at radius 3 is 2.58 bits per heavy atom. The van der Waals surface area contributed by atoms with Gasteiger partial charge in [-0.3, -0.25) is 9.59 Å². The van der Waals surface area contributed by atoms with Crippen molar-refractivity contribution < 1.29 is 14.7 Å². The van der Waals surface area contributed by atoms with Gasteiger partial charge in [0.05, 0.1) is 11.0 Å². The lowest BCUT2D eigenvalue weighted by molar-refractivity contribution is -0.141. The van der Waals surface area contributed by atoms with Crippen LogP contribution in [-0.2, 0) is 4.79 Å². The van der Waals surface area contributed by atoms with Gasteiger partial charge in [0, 0.05) is 5.56 Å². The number of fused-ring (bicyclic) bond motifs is 1. The van der Waals surface area contributed by atoms with Crippen molar-refractivity contribution in [2.24, 2.45) is 11.8 Å². The number of hydrogen-bond acceptors (Lipinski definition) is 3. The van der Waals surface area contributed by atoms with E-state index in [0.717, 1.165) is 16.9 Å². The Bertz CT molecular complexity index is 643. The Kier molecular flexibility index (Phi) is 3.38. The molecule has 0 aliphatic rings. The molecule has 19 heavy (non-hydrogen) atoms. The summed E-state index contributed by atoms with van der Waals surface area (Å²) >= 11 is 0. The maximum Gasteiger partial charge on any atom is 0.314 e. The fourth-order valence-electron chi connectivity index (χ4n) is 2.17. The number of aliphatic carboxylic acids is 1. The standard InChI is InChI=1S/C14H16N2O3/c1-7(2)12(14(18)19)13(17)9-4-5-10-11(6-9)16-8(3)15-10/h4-7,12H,1-3H3,(H,15,16)(H,18,19).